The van der Waals surface area contributed by atoms with Crippen LogP contribution in [0.15, 0.2) is 60.7 Å². The predicted molar refractivity (Wildman–Crippen MR) is 139 cm³/mol. The van der Waals surface area contributed by atoms with Gasteiger partial charge in [0, 0.05) is 48.4 Å². The van der Waals surface area contributed by atoms with Gasteiger partial charge < -0.3 is 29.2 Å². The van der Waals surface area contributed by atoms with Crippen LogP contribution in [-0.4, -0.2) is 57.5 Å². The number of nitrogens with one attached hydrogen (secondary N) is 2. The van der Waals surface area contributed by atoms with Crippen LogP contribution in [0.4, 0.5) is 11.5 Å². The molecule has 2 N–H and O–H groups in total. The Morgan fingerprint density at radius 3 is 2.26 bits per heavy atom. The van der Waals surface area contributed by atoms with Gasteiger partial charge >= 0.3 is 0 Å². The Morgan fingerprint density at radius 1 is 0.886 bits per heavy atom. The van der Waals surface area contributed by atoms with E-state index in [1.807, 2.05) is 12.1 Å². The highest BCUT2D eigenvalue weighted by Crippen LogP contribution is 2.41. The fourth-order valence-corrected chi connectivity index (χ4v) is 4.58. The summed E-state index contributed by atoms with van der Waals surface area (Å²) < 4.78 is 21.9. The van der Waals surface area contributed by atoms with E-state index < -0.39 is 0 Å². The van der Waals surface area contributed by atoms with Gasteiger partial charge in [-0.2, -0.15) is 0 Å². The summed E-state index contributed by atoms with van der Waals surface area (Å²) in [5, 5.41) is 4.57. The molecule has 0 radical (unpaired) electrons. The van der Waals surface area contributed by atoms with Gasteiger partial charge in [-0.15, -0.1) is 0 Å². The van der Waals surface area contributed by atoms with Gasteiger partial charge in [0.1, 0.15) is 5.82 Å². The molecule has 0 amide bonds. The second-order valence-corrected chi connectivity index (χ2v) is 8.58. The summed E-state index contributed by atoms with van der Waals surface area (Å²) in [6.07, 6.45) is 0. The smallest absolute Gasteiger partial charge is 0.203 e. The summed E-state index contributed by atoms with van der Waals surface area (Å²) in [6.45, 7) is 4.58. The number of anilines is 2. The van der Waals surface area contributed by atoms with Gasteiger partial charge in [-0.05, 0) is 17.2 Å². The third kappa shape index (κ3) is 4.92. The first-order chi connectivity index (χ1) is 17.2. The minimum absolute atomic E-state index is 0.566. The lowest BCUT2D eigenvalue weighted by molar-refractivity contribution is 0.0342. The molecule has 4 aromatic rings. The minimum atomic E-state index is 0.566. The average Bonchev–Trinajstić information content (AvgIpc) is 3.31. The lowest BCUT2D eigenvalue weighted by Gasteiger charge is -2.26. The first-order valence-corrected chi connectivity index (χ1v) is 11.8. The molecule has 1 aromatic heterocycles. The maximum absolute atomic E-state index is 5.49. The highest BCUT2D eigenvalue weighted by atomic mass is 16.5. The Bertz CT molecular complexity index is 1270. The minimum Gasteiger partial charge on any atom is -0.493 e. The zero-order valence-corrected chi connectivity index (χ0v) is 20.4. The van der Waals surface area contributed by atoms with Crippen LogP contribution < -0.4 is 19.5 Å². The highest BCUT2D eigenvalue weighted by Gasteiger charge is 2.15. The van der Waals surface area contributed by atoms with Crippen molar-refractivity contribution in [1.82, 2.24) is 9.88 Å². The first-order valence-electron chi connectivity index (χ1n) is 11.8. The molecule has 0 saturated carbocycles. The van der Waals surface area contributed by atoms with Gasteiger partial charge in [-0.1, -0.05) is 42.5 Å². The molecule has 3 aromatic carbocycles. The van der Waals surface area contributed by atoms with Crippen LogP contribution in [0.1, 0.15) is 5.56 Å². The van der Waals surface area contributed by atoms with Gasteiger partial charge in [-0.25, -0.2) is 0 Å². The lowest BCUT2D eigenvalue weighted by Crippen LogP contribution is -2.35. The van der Waals surface area contributed by atoms with Crippen LogP contribution in [0.3, 0.4) is 0 Å². The van der Waals surface area contributed by atoms with Crippen LogP contribution >= 0.6 is 0 Å². The molecule has 0 aliphatic carbocycles. The first kappa shape index (κ1) is 23.1. The number of benzene rings is 3. The Hall–Kier alpha value is -3.68. The number of hydrogen-bond acceptors (Lipinski definition) is 6. The molecule has 1 fully saturated rings. The van der Waals surface area contributed by atoms with Crippen LogP contribution in [0.25, 0.3) is 22.0 Å². The Labute approximate surface area is 205 Å². The molecular formula is C28H31N3O4. The number of H-pyrrole nitrogens is 1. The quantitative estimate of drug-likeness (QED) is 0.355. The van der Waals surface area contributed by atoms with Crippen molar-refractivity contribution in [3.8, 4) is 28.4 Å². The molecule has 0 bridgehead atoms. The number of aromatic nitrogens is 1. The Kier molecular flexibility index (Phi) is 6.79. The topological polar surface area (TPSA) is 68.0 Å². The van der Waals surface area contributed by atoms with Crippen molar-refractivity contribution in [2.75, 3.05) is 52.9 Å². The molecule has 0 atom stereocenters. The van der Waals surface area contributed by atoms with Gasteiger partial charge in [0.15, 0.2) is 11.5 Å². The summed E-state index contributed by atoms with van der Waals surface area (Å²) >= 11 is 0. The van der Waals surface area contributed by atoms with Crippen molar-refractivity contribution < 1.29 is 18.9 Å². The number of rotatable bonds is 8. The number of fused-ring (bicyclic) bond motifs is 1. The van der Waals surface area contributed by atoms with E-state index >= 15 is 0 Å². The molecule has 0 spiro atoms. The van der Waals surface area contributed by atoms with Crippen LogP contribution in [0.5, 0.6) is 17.2 Å². The van der Waals surface area contributed by atoms with E-state index in [0.717, 1.165) is 55.3 Å². The van der Waals surface area contributed by atoms with Crippen molar-refractivity contribution >= 4 is 22.4 Å². The maximum Gasteiger partial charge on any atom is 0.203 e. The van der Waals surface area contributed by atoms with Crippen molar-refractivity contribution in [1.29, 1.82) is 0 Å². The monoisotopic (exact) mass is 473 g/mol. The zero-order valence-electron chi connectivity index (χ0n) is 20.4. The van der Waals surface area contributed by atoms with Gasteiger partial charge in [0.05, 0.1) is 40.1 Å². The molecule has 1 aliphatic rings. The van der Waals surface area contributed by atoms with E-state index in [1.54, 1.807) is 21.3 Å². The van der Waals surface area contributed by atoms with Crippen molar-refractivity contribution in [3.63, 3.8) is 0 Å². The van der Waals surface area contributed by atoms with E-state index in [0.29, 0.717) is 17.2 Å². The normalized spacial score (nSPS) is 14.1. The largest absolute Gasteiger partial charge is 0.493 e. The van der Waals surface area contributed by atoms with Crippen molar-refractivity contribution in [2.24, 2.45) is 0 Å². The van der Waals surface area contributed by atoms with E-state index in [1.165, 1.54) is 16.7 Å². The second-order valence-electron chi connectivity index (χ2n) is 8.58. The maximum atomic E-state index is 5.49. The number of methoxy groups -OCH3 is 3. The summed E-state index contributed by atoms with van der Waals surface area (Å²) in [5.74, 6) is 2.65. The molecule has 0 unspecified atom stereocenters. The zero-order chi connectivity index (χ0) is 24.2. The van der Waals surface area contributed by atoms with E-state index in [2.05, 4.69) is 63.7 Å². The van der Waals surface area contributed by atoms with Gasteiger partial charge in [-0.3, -0.25) is 4.90 Å². The third-order valence-electron chi connectivity index (χ3n) is 6.37. The fourth-order valence-electron chi connectivity index (χ4n) is 4.58. The Balaban J connectivity index is 1.40. The molecule has 35 heavy (non-hydrogen) atoms. The molecule has 182 valence electrons. The molecule has 2 heterocycles. The van der Waals surface area contributed by atoms with Gasteiger partial charge in [0.25, 0.3) is 0 Å². The fraction of sp³-hybridized carbons (Fsp3) is 0.286. The number of hydrogen-bond donors (Lipinski definition) is 2. The van der Waals surface area contributed by atoms with Crippen molar-refractivity contribution in [3.05, 3.63) is 66.2 Å². The molecule has 1 aliphatic heterocycles. The number of ether oxygens (including phenoxy) is 4. The molecule has 7 heteroatoms. The highest BCUT2D eigenvalue weighted by molar-refractivity contribution is 5.96. The third-order valence-corrected chi connectivity index (χ3v) is 6.37. The van der Waals surface area contributed by atoms with Crippen LogP contribution in [0.2, 0.25) is 0 Å². The van der Waals surface area contributed by atoms with Crippen LogP contribution in [0, 0.1) is 0 Å². The predicted octanol–water partition coefficient (Wildman–Crippen LogP) is 5.44. The Morgan fingerprint density at radius 2 is 1.60 bits per heavy atom. The van der Waals surface area contributed by atoms with Crippen molar-refractivity contribution in [2.45, 2.75) is 6.54 Å². The molecule has 7 nitrogen and oxygen atoms in total. The summed E-state index contributed by atoms with van der Waals surface area (Å²) in [6, 6.07) is 21.1. The SMILES string of the molecule is COc1cc(Nc2cc3cccc(-c4ccc(CN5CCOCC5)cc4)c3[nH]2)cc(OC)c1OC. The number of para-hydroxylation sites is 1. The van der Waals surface area contributed by atoms with E-state index in [4.69, 9.17) is 18.9 Å². The summed E-state index contributed by atoms with van der Waals surface area (Å²) in [4.78, 5) is 5.98. The van der Waals surface area contributed by atoms with E-state index in [9.17, 15) is 0 Å². The standard InChI is InChI=1S/C28H31N3O4/c1-32-24-16-22(17-25(33-2)28(24)34-3)29-26-15-21-5-4-6-23(27(21)30-26)20-9-7-19(8-10-20)18-31-11-13-35-14-12-31/h4-10,15-17,29-30H,11-14,18H2,1-3H3. The summed E-state index contributed by atoms with van der Waals surface area (Å²) in [7, 11) is 4.83. The van der Waals surface area contributed by atoms with E-state index in [-0.39, 0.29) is 0 Å². The molecular weight excluding hydrogens is 442 g/mol. The average molecular weight is 474 g/mol. The second kappa shape index (κ2) is 10.3. The molecule has 5 rings (SSSR count). The van der Waals surface area contributed by atoms with Crippen LogP contribution in [-0.2, 0) is 11.3 Å². The number of nitrogens with zero attached hydrogens (tertiary/aromatic N) is 1. The molecule has 1 saturated heterocycles. The van der Waals surface area contributed by atoms with Gasteiger partial charge in [0.2, 0.25) is 5.75 Å². The lowest BCUT2D eigenvalue weighted by atomic mass is 10.0. The number of morpholine rings is 1. The summed E-state index contributed by atoms with van der Waals surface area (Å²) in [5.41, 5.74) is 5.59. The number of aromatic amines is 1.